The van der Waals surface area contributed by atoms with Crippen molar-refractivity contribution in [3.05, 3.63) is 47.1 Å². The van der Waals surface area contributed by atoms with Gasteiger partial charge in [-0.3, -0.25) is 9.59 Å². The highest BCUT2D eigenvalue weighted by Crippen LogP contribution is 2.20. The van der Waals surface area contributed by atoms with Crippen LogP contribution in [0.4, 0.5) is 0 Å². The Morgan fingerprint density at radius 2 is 2.04 bits per heavy atom. The molecule has 2 amide bonds. The van der Waals surface area contributed by atoms with E-state index in [9.17, 15) is 9.59 Å². The SMILES string of the molecule is Cc1cccc(C(=O)N2CCC(C(=O)NCc3nc(C)no3)CC2)c1. The van der Waals surface area contributed by atoms with Crippen LogP contribution < -0.4 is 5.32 Å². The van der Waals surface area contributed by atoms with Crippen molar-refractivity contribution in [3.63, 3.8) is 0 Å². The molecule has 1 N–H and O–H groups in total. The Kier molecular flexibility index (Phi) is 5.11. The molecule has 0 unspecified atom stereocenters. The first-order valence-corrected chi connectivity index (χ1v) is 8.46. The molecule has 0 spiro atoms. The average Bonchev–Trinajstić information content (AvgIpc) is 3.04. The molecule has 0 bridgehead atoms. The monoisotopic (exact) mass is 342 g/mol. The number of benzene rings is 1. The van der Waals surface area contributed by atoms with Gasteiger partial charge in [0.25, 0.3) is 5.91 Å². The fourth-order valence-electron chi connectivity index (χ4n) is 3.02. The molecule has 1 aromatic heterocycles. The van der Waals surface area contributed by atoms with E-state index in [-0.39, 0.29) is 24.3 Å². The lowest BCUT2D eigenvalue weighted by Crippen LogP contribution is -2.43. The summed E-state index contributed by atoms with van der Waals surface area (Å²) in [5, 5.41) is 6.52. The number of carbonyl (C=O) groups excluding carboxylic acids is 2. The zero-order valence-electron chi connectivity index (χ0n) is 14.5. The summed E-state index contributed by atoms with van der Waals surface area (Å²) in [7, 11) is 0. The number of hydrogen-bond acceptors (Lipinski definition) is 5. The third-order valence-electron chi connectivity index (χ3n) is 4.40. The summed E-state index contributed by atoms with van der Waals surface area (Å²) < 4.78 is 4.98. The van der Waals surface area contributed by atoms with Gasteiger partial charge in [-0.25, -0.2) is 0 Å². The third kappa shape index (κ3) is 4.23. The smallest absolute Gasteiger partial charge is 0.253 e. The number of aromatic nitrogens is 2. The molecule has 1 aliphatic heterocycles. The van der Waals surface area contributed by atoms with E-state index in [0.717, 1.165) is 5.56 Å². The zero-order chi connectivity index (χ0) is 17.8. The number of nitrogens with zero attached hydrogens (tertiary/aromatic N) is 3. The Morgan fingerprint density at radius 1 is 1.28 bits per heavy atom. The molecule has 0 radical (unpaired) electrons. The van der Waals surface area contributed by atoms with Crippen molar-refractivity contribution in [2.45, 2.75) is 33.2 Å². The number of likely N-dealkylation sites (tertiary alicyclic amines) is 1. The van der Waals surface area contributed by atoms with Gasteiger partial charge < -0.3 is 14.7 Å². The second-order valence-corrected chi connectivity index (χ2v) is 6.39. The summed E-state index contributed by atoms with van der Waals surface area (Å²) >= 11 is 0. The molecular formula is C18H22N4O3. The summed E-state index contributed by atoms with van der Waals surface area (Å²) in [4.78, 5) is 30.7. The van der Waals surface area contributed by atoms with E-state index >= 15 is 0 Å². The lowest BCUT2D eigenvalue weighted by molar-refractivity contribution is -0.126. The molecule has 1 aromatic carbocycles. The van der Waals surface area contributed by atoms with Crippen LogP contribution in [0.5, 0.6) is 0 Å². The quantitative estimate of drug-likeness (QED) is 0.916. The van der Waals surface area contributed by atoms with Crippen LogP contribution in [0, 0.1) is 19.8 Å². The van der Waals surface area contributed by atoms with Gasteiger partial charge in [0, 0.05) is 24.6 Å². The maximum Gasteiger partial charge on any atom is 0.253 e. The molecule has 25 heavy (non-hydrogen) atoms. The number of amides is 2. The van der Waals surface area contributed by atoms with E-state index in [1.807, 2.05) is 36.1 Å². The van der Waals surface area contributed by atoms with E-state index in [1.54, 1.807) is 6.92 Å². The van der Waals surface area contributed by atoms with Crippen LogP contribution in [-0.4, -0.2) is 39.9 Å². The highest BCUT2D eigenvalue weighted by molar-refractivity contribution is 5.94. The maximum atomic E-state index is 12.5. The van der Waals surface area contributed by atoms with Crippen LogP contribution in [0.2, 0.25) is 0 Å². The Morgan fingerprint density at radius 3 is 2.68 bits per heavy atom. The van der Waals surface area contributed by atoms with Crippen LogP contribution >= 0.6 is 0 Å². The standard InChI is InChI=1S/C18H22N4O3/c1-12-4-3-5-15(10-12)18(24)22-8-6-14(7-9-22)17(23)19-11-16-20-13(2)21-25-16/h3-5,10,14H,6-9,11H2,1-2H3,(H,19,23). The van der Waals surface area contributed by atoms with Crippen molar-refractivity contribution in [2.24, 2.45) is 5.92 Å². The van der Waals surface area contributed by atoms with Crippen molar-refractivity contribution < 1.29 is 14.1 Å². The van der Waals surface area contributed by atoms with E-state index < -0.39 is 0 Å². The molecule has 3 rings (SSSR count). The fourth-order valence-corrected chi connectivity index (χ4v) is 3.02. The van der Waals surface area contributed by atoms with Crippen LogP contribution in [-0.2, 0) is 11.3 Å². The van der Waals surface area contributed by atoms with Crippen molar-refractivity contribution >= 4 is 11.8 Å². The number of carbonyl (C=O) groups is 2. The van der Waals surface area contributed by atoms with Gasteiger partial charge >= 0.3 is 0 Å². The topological polar surface area (TPSA) is 88.3 Å². The van der Waals surface area contributed by atoms with Gasteiger partial charge in [0.15, 0.2) is 5.82 Å². The zero-order valence-corrected chi connectivity index (χ0v) is 14.5. The average molecular weight is 342 g/mol. The Hall–Kier alpha value is -2.70. The van der Waals surface area contributed by atoms with Gasteiger partial charge in [0.05, 0.1) is 6.54 Å². The van der Waals surface area contributed by atoms with Gasteiger partial charge in [-0.2, -0.15) is 4.98 Å². The molecule has 1 saturated heterocycles. The number of hydrogen-bond donors (Lipinski definition) is 1. The third-order valence-corrected chi connectivity index (χ3v) is 4.40. The van der Waals surface area contributed by atoms with Crippen LogP contribution in [0.3, 0.4) is 0 Å². The minimum Gasteiger partial charge on any atom is -0.347 e. The normalized spacial score (nSPS) is 15.2. The van der Waals surface area contributed by atoms with Crippen molar-refractivity contribution in [2.75, 3.05) is 13.1 Å². The van der Waals surface area contributed by atoms with E-state index in [1.165, 1.54) is 0 Å². The summed E-state index contributed by atoms with van der Waals surface area (Å²) in [6, 6.07) is 7.59. The predicted molar refractivity (Wildman–Crippen MR) is 90.7 cm³/mol. The van der Waals surface area contributed by atoms with Crippen LogP contribution in [0.15, 0.2) is 28.8 Å². The second kappa shape index (κ2) is 7.46. The van der Waals surface area contributed by atoms with Crippen molar-refractivity contribution in [3.8, 4) is 0 Å². The minimum atomic E-state index is -0.0921. The van der Waals surface area contributed by atoms with Gasteiger partial charge in [0.2, 0.25) is 11.8 Å². The Labute approximate surface area is 146 Å². The molecule has 132 valence electrons. The molecule has 0 saturated carbocycles. The molecule has 2 heterocycles. The molecule has 7 heteroatoms. The highest BCUT2D eigenvalue weighted by Gasteiger charge is 2.27. The molecule has 1 aliphatic rings. The summed E-state index contributed by atoms with van der Waals surface area (Å²) in [5.74, 6) is 0.859. The first kappa shape index (κ1) is 17.1. The van der Waals surface area contributed by atoms with E-state index in [2.05, 4.69) is 15.5 Å². The number of nitrogens with one attached hydrogen (secondary N) is 1. The number of aryl methyl sites for hydroxylation is 2. The van der Waals surface area contributed by atoms with Gasteiger partial charge in [-0.1, -0.05) is 22.9 Å². The molecule has 7 nitrogen and oxygen atoms in total. The van der Waals surface area contributed by atoms with Gasteiger partial charge in [-0.15, -0.1) is 0 Å². The Balaban J connectivity index is 1.49. The minimum absolute atomic E-state index is 0.0292. The highest BCUT2D eigenvalue weighted by atomic mass is 16.5. The van der Waals surface area contributed by atoms with E-state index in [4.69, 9.17) is 4.52 Å². The summed E-state index contributed by atoms with van der Waals surface area (Å²) in [5.41, 5.74) is 1.77. The van der Waals surface area contributed by atoms with Crippen LogP contribution in [0.1, 0.15) is 40.5 Å². The number of rotatable bonds is 4. The predicted octanol–water partition coefficient (Wildman–Crippen LogP) is 1.86. The van der Waals surface area contributed by atoms with Gasteiger partial charge in [-0.05, 0) is 38.8 Å². The molecule has 1 fully saturated rings. The Bertz CT molecular complexity index is 763. The molecule has 0 aliphatic carbocycles. The summed E-state index contributed by atoms with van der Waals surface area (Å²) in [6.45, 7) is 5.12. The maximum absolute atomic E-state index is 12.5. The van der Waals surface area contributed by atoms with Crippen LogP contribution in [0.25, 0.3) is 0 Å². The lowest BCUT2D eigenvalue weighted by atomic mass is 9.95. The summed E-state index contributed by atoms with van der Waals surface area (Å²) in [6.07, 6.45) is 1.32. The first-order chi connectivity index (χ1) is 12.0. The second-order valence-electron chi connectivity index (χ2n) is 6.39. The fraction of sp³-hybridized carbons (Fsp3) is 0.444. The van der Waals surface area contributed by atoms with Crippen molar-refractivity contribution in [1.82, 2.24) is 20.4 Å². The van der Waals surface area contributed by atoms with Crippen molar-refractivity contribution in [1.29, 1.82) is 0 Å². The largest absolute Gasteiger partial charge is 0.347 e. The number of piperidine rings is 1. The van der Waals surface area contributed by atoms with E-state index in [0.29, 0.717) is 43.2 Å². The molecular weight excluding hydrogens is 320 g/mol. The van der Waals surface area contributed by atoms with Gasteiger partial charge in [0.1, 0.15) is 0 Å². The molecule has 2 aromatic rings. The first-order valence-electron chi connectivity index (χ1n) is 8.46. The lowest BCUT2D eigenvalue weighted by Gasteiger charge is -2.31. The molecule has 0 atom stereocenters.